The summed E-state index contributed by atoms with van der Waals surface area (Å²) in [6, 6.07) is 0.235. The van der Waals surface area contributed by atoms with Gasteiger partial charge in [-0.3, -0.25) is 4.21 Å². The summed E-state index contributed by atoms with van der Waals surface area (Å²) in [5, 5.41) is 0. The molecule has 11 heavy (non-hydrogen) atoms. The van der Waals surface area contributed by atoms with Crippen molar-refractivity contribution in [3.63, 3.8) is 0 Å². The van der Waals surface area contributed by atoms with Crippen LogP contribution in [-0.4, -0.2) is 22.3 Å². The molecule has 0 bridgehead atoms. The highest BCUT2D eigenvalue weighted by atomic mass is 32.2. The fraction of sp³-hybridized carbons (Fsp3) is 1.00. The molecule has 0 heterocycles. The van der Waals surface area contributed by atoms with Crippen LogP contribution in [0.15, 0.2) is 0 Å². The van der Waals surface area contributed by atoms with E-state index in [0.717, 1.165) is 18.6 Å². The van der Waals surface area contributed by atoms with E-state index < -0.39 is 10.8 Å². The molecule has 0 aromatic heterocycles. The Hall–Kier alpha value is 0.110. The molecule has 0 amide bonds. The Morgan fingerprint density at radius 3 is 2.36 bits per heavy atom. The Morgan fingerprint density at radius 2 is 2.00 bits per heavy atom. The Balaban J connectivity index is 3.37. The van der Waals surface area contributed by atoms with Crippen molar-refractivity contribution in [2.45, 2.75) is 32.7 Å². The number of hydrogen-bond acceptors (Lipinski definition) is 2. The lowest BCUT2D eigenvalue weighted by Gasteiger charge is -2.12. The maximum Gasteiger partial charge on any atom is 0.0246 e. The third-order valence-electron chi connectivity index (χ3n) is 1.55. The van der Waals surface area contributed by atoms with Gasteiger partial charge >= 0.3 is 0 Å². The molecule has 0 aliphatic rings. The zero-order valence-electron chi connectivity index (χ0n) is 7.67. The van der Waals surface area contributed by atoms with E-state index in [-0.39, 0.29) is 6.04 Å². The molecule has 0 saturated heterocycles. The van der Waals surface area contributed by atoms with Crippen LogP contribution < -0.4 is 5.73 Å². The molecule has 0 spiro atoms. The van der Waals surface area contributed by atoms with Gasteiger partial charge in [0.1, 0.15) is 0 Å². The summed E-state index contributed by atoms with van der Waals surface area (Å²) in [6.45, 7) is 4.31. The Morgan fingerprint density at radius 1 is 1.45 bits per heavy atom. The van der Waals surface area contributed by atoms with Crippen molar-refractivity contribution in [3.8, 4) is 0 Å². The second-order valence-corrected chi connectivity index (χ2v) is 5.01. The third-order valence-corrected chi connectivity index (χ3v) is 2.36. The molecule has 0 aliphatic carbocycles. The first-order valence-electron chi connectivity index (χ1n) is 4.08. The summed E-state index contributed by atoms with van der Waals surface area (Å²) >= 11 is 0. The SMILES string of the molecule is CC(C)C[C@@H](N)CCS(C)=O. The van der Waals surface area contributed by atoms with Crippen LogP contribution in [0.5, 0.6) is 0 Å². The van der Waals surface area contributed by atoms with Crippen LogP contribution >= 0.6 is 0 Å². The smallest absolute Gasteiger partial charge is 0.0246 e. The zero-order valence-corrected chi connectivity index (χ0v) is 8.49. The second-order valence-electron chi connectivity index (χ2n) is 3.46. The third kappa shape index (κ3) is 8.01. The summed E-state index contributed by atoms with van der Waals surface area (Å²) in [5.41, 5.74) is 5.79. The molecule has 0 aliphatic heterocycles. The van der Waals surface area contributed by atoms with Gasteiger partial charge in [0, 0.05) is 28.9 Å². The minimum atomic E-state index is -0.681. The summed E-state index contributed by atoms with van der Waals surface area (Å²) in [5.74, 6) is 1.39. The van der Waals surface area contributed by atoms with Crippen molar-refractivity contribution in [2.75, 3.05) is 12.0 Å². The van der Waals surface area contributed by atoms with E-state index in [1.165, 1.54) is 0 Å². The highest BCUT2D eigenvalue weighted by Gasteiger charge is 2.05. The molecule has 2 nitrogen and oxygen atoms in total. The van der Waals surface area contributed by atoms with Gasteiger partial charge in [0.05, 0.1) is 0 Å². The van der Waals surface area contributed by atoms with Crippen molar-refractivity contribution in [1.82, 2.24) is 0 Å². The van der Waals surface area contributed by atoms with Crippen LogP contribution in [-0.2, 0) is 10.8 Å². The van der Waals surface area contributed by atoms with Gasteiger partial charge in [0.2, 0.25) is 0 Å². The average Bonchev–Trinajstić information content (AvgIpc) is 1.82. The zero-order chi connectivity index (χ0) is 8.85. The van der Waals surface area contributed by atoms with Gasteiger partial charge < -0.3 is 5.73 Å². The van der Waals surface area contributed by atoms with Gasteiger partial charge in [0.15, 0.2) is 0 Å². The van der Waals surface area contributed by atoms with Gasteiger partial charge in [-0.05, 0) is 18.8 Å². The molecule has 0 aromatic carbocycles. The first kappa shape index (κ1) is 11.1. The van der Waals surface area contributed by atoms with Crippen LogP contribution in [0.2, 0.25) is 0 Å². The van der Waals surface area contributed by atoms with Crippen LogP contribution in [0.25, 0.3) is 0 Å². The van der Waals surface area contributed by atoms with Gasteiger partial charge in [0.25, 0.3) is 0 Å². The van der Waals surface area contributed by atoms with Crippen molar-refractivity contribution in [1.29, 1.82) is 0 Å². The molecule has 1 unspecified atom stereocenters. The summed E-state index contributed by atoms with van der Waals surface area (Å²) in [6.07, 6.45) is 3.65. The number of rotatable bonds is 5. The molecule has 0 saturated carbocycles. The minimum absolute atomic E-state index is 0.235. The van der Waals surface area contributed by atoms with Gasteiger partial charge in [-0.1, -0.05) is 13.8 Å². The van der Waals surface area contributed by atoms with E-state index in [9.17, 15) is 4.21 Å². The Labute approximate surface area is 72.0 Å². The quantitative estimate of drug-likeness (QED) is 0.684. The molecular formula is C8H19NOS. The maximum atomic E-state index is 10.7. The van der Waals surface area contributed by atoms with Crippen LogP contribution in [0.1, 0.15) is 26.7 Å². The second kappa shape index (κ2) is 5.72. The maximum absolute atomic E-state index is 10.7. The van der Waals surface area contributed by atoms with E-state index in [4.69, 9.17) is 5.73 Å². The van der Waals surface area contributed by atoms with E-state index >= 15 is 0 Å². The molecule has 0 rings (SSSR count). The molecular weight excluding hydrogens is 158 g/mol. The van der Waals surface area contributed by atoms with Crippen molar-refractivity contribution >= 4 is 10.8 Å². The van der Waals surface area contributed by atoms with Gasteiger partial charge in [-0.15, -0.1) is 0 Å². The lowest BCUT2D eigenvalue weighted by Crippen LogP contribution is -2.24. The summed E-state index contributed by atoms with van der Waals surface area (Å²) in [7, 11) is -0.681. The molecule has 0 radical (unpaired) electrons. The fourth-order valence-electron chi connectivity index (χ4n) is 1.04. The van der Waals surface area contributed by atoms with Crippen LogP contribution in [0, 0.1) is 5.92 Å². The Kier molecular flexibility index (Phi) is 5.78. The van der Waals surface area contributed by atoms with E-state index in [1.807, 2.05) is 0 Å². The lowest BCUT2D eigenvalue weighted by molar-refractivity contribution is 0.487. The molecule has 68 valence electrons. The Bertz CT molecular complexity index is 125. The van der Waals surface area contributed by atoms with E-state index in [2.05, 4.69) is 13.8 Å². The molecule has 2 N–H and O–H groups in total. The minimum Gasteiger partial charge on any atom is -0.328 e. The monoisotopic (exact) mass is 177 g/mol. The number of hydrogen-bond donors (Lipinski definition) is 1. The van der Waals surface area contributed by atoms with E-state index in [0.29, 0.717) is 5.92 Å². The predicted molar refractivity (Wildman–Crippen MR) is 51.0 cm³/mol. The molecule has 0 aromatic rings. The van der Waals surface area contributed by atoms with Gasteiger partial charge in [-0.2, -0.15) is 0 Å². The normalized spacial score (nSPS) is 16.8. The largest absolute Gasteiger partial charge is 0.328 e. The van der Waals surface area contributed by atoms with Crippen molar-refractivity contribution in [3.05, 3.63) is 0 Å². The molecule has 2 atom stereocenters. The molecule has 0 fully saturated rings. The summed E-state index contributed by atoms with van der Waals surface area (Å²) in [4.78, 5) is 0. The van der Waals surface area contributed by atoms with Crippen LogP contribution in [0.3, 0.4) is 0 Å². The molecule has 3 heteroatoms. The fourth-order valence-corrected chi connectivity index (χ4v) is 1.68. The topological polar surface area (TPSA) is 43.1 Å². The average molecular weight is 177 g/mol. The van der Waals surface area contributed by atoms with E-state index in [1.54, 1.807) is 6.26 Å². The van der Waals surface area contributed by atoms with Crippen LogP contribution in [0.4, 0.5) is 0 Å². The highest BCUT2D eigenvalue weighted by molar-refractivity contribution is 7.84. The lowest BCUT2D eigenvalue weighted by atomic mass is 10.0. The highest BCUT2D eigenvalue weighted by Crippen LogP contribution is 2.05. The number of nitrogens with two attached hydrogens (primary N) is 1. The first-order valence-corrected chi connectivity index (χ1v) is 5.80. The first-order chi connectivity index (χ1) is 5.02. The predicted octanol–water partition coefficient (Wildman–Crippen LogP) is 1.13. The summed E-state index contributed by atoms with van der Waals surface area (Å²) < 4.78 is 10.7. The van der Waals surface area contributed by atoms with Crippen molar-refractivity contribution in [2.24, 2.45) is 11.7 Å². The van der Waals surface area contributed by atoms with Gasteiger partial charge in [-0.25, -0.2) is 0 Å². The standard InChI is InChI=1S/C8H19NOS/c1-7(2)6-8(9)4-5-11(3)10/h7-8H,4-6,9H2,1-3H3/t8-,11?/m0/s1. The van der Waals surface area contributed by atoms with Crippen molar-refractivity contribution < 1.29 is 4.21 Å².